The van der Waals surface area contributed by atoms with Crippen molar-refractivity contribution in [1.82, 2.24) is 0 Å². The van der Waals surface area contributed by atoms with Crippen molar-refractivity contribution in [3.8, 4) is 0 Å². The number of carbonyl (C=O) groups excluding carboxylic acids is 1. The van der Waals surface area contributed by atoms with Gasteiger partial charge in [0.05, 0.1) is 6.61 Å². The lowest BCUT2D eigenvalue weighted by molar-refractivity contribution is -0.256. The Morgan fingerprint density at radius 3 is 2.54 bits per heavy atom. The van der Waals surface area contributed by atoms with Crippen LogP contribution >= 0.6 is 0 Å². The molecule has 1 aliphatic heterocycles. The summed E-state index contributed by atoms with van der Waals surface area (Å²) >= 11 is 0. The van der Waals surface area contributed by atoms with Crippen LogP contribution in [0.2, 0.25) is 0 Å². The van der Waals surface area contributed by atoms with Crippen LogP contribution in [0.3, 0.4) is 0 Å². The molecule has 6 nitrogen and oxygen atoms in total. The van der Waals surface area contributed by atoms with Crippen LogP contribution in [0.5, 0.6) is 0 Å². The predicted octanol–water partition coefficient (Wildman–Crippen LogP) is -2.01. The molecule has 76 valence electrons. The van der Waals surface area contributed by atoms with E-state index in [1.54, 1.807) is 0 Å². The maximum atomic E-state index is 10.5. The summed E-state index contributed by atoms with van der Waals surface area (Å²) in [4.78, 5) is 10.5. The van der Waals surface area contributed by atoms with Crippen molar-refractivity contribution in [3.63, 3.8) is 0 Å². The summed E-state index contributed by atoms with van der Waals surface area (Å²) in [6, 6.07) is 0. The maximum absolute atomic E-state index is 10.5. The zero-order valence-corrected chi connectivity index (χ0v) is 7.08. The second-order valence-corrected chi connectivity index (χ2v) is 2.85. The Bertz CT molecular complexity index is 193. The Balaban J connectivity index is 2.53. The van der Waals surface area contributed by atoms with Gasteiger partial charge >= 0.3 is 5.97 Å². The number of esters is 1. The molecule has 1 rings (SSSR count). The lowest BCUT2D eigenvalue weighted by atomic mass is 10.1. The minimum absolute atomic E-state index is 0.126. The average molecular weight is 192 g/mol. The van der Waals surface area contributed by atoms with E-state index in [-0.39, 0.29) is 6.61 Å². The first-order chi connectivity index (χ1) is 6.02. The number of hydrogen-bond acceptors (Lipinski definition) is 6. The number of hydrogen-bond donors (Lipinski definition) is 3. The topological polar surface area (TPSA) is 96.2 Å². The maximum Gasteiger partial charge on any atom is 0.303 e. The van der Waals surface area contributed by atoms with Gasteiger partial charge in [-0.15, -0.1) is 0 Å². The predicted molar refractivity (Wildman–Crippen MR) is 39.5 cm³/mol. The molecule has 0 aromatic heterocycles. The Morgan fingerprint density at radius 1 is 1.38 bits per heavy atom. The fourth-order valence-electron chi connectivity index (χ4n) is 1.10. The van der Waals surface area contributed by atoms with E-state index in [0.29, 0.717) is 0 Å². The molecule has 0 unspecified atom stereocenters. The van der Waals surface area contributed by atoms with Gasteiger partial charge in [0, 0.05) is 6.92 Å². The van der Waals surface area contributed by atoms with Crippen molar-refractivity contribution < 1.29 is 29.6 Å². The van der Waals surface area contributed by atoms with Crippen LogP contribution in [0, 0.1) is 0 Å². The second-order valence-electron chi connectivity index (χ2n) is 2.85. The summed E-state index contributed by atoms with van der Waals surface area (Å²) in [6.45, 7) is 1.06. The van der Waals surface area contributed by atoms with Crippen LogP contribution in [0.15, 0.2) is 0 Å². The average Bonchev–Trinajstić information content (AvgIpc) is 2.06. The fraction of sp³-hybridized carbons (Fsp3) is 0.857. The highest BCUT2D eigenvalue weighted by Gasteiger charge is 2.39. The molecule has 1 fully saturated rings. The monoisotopic (exact) mass is 192 g/mol. The summed E-state index contributed by atoms with van der Waals surface area (Å²) in [5.74, 6) is -0.573. The van der Waals surface area contributed by atoms with E-state index < -0.39 is 30.6 Å². The molecule has 0 amide bonds. The van der Waals surface area contributed by atoms with Crippen LogP contribution in [0.25, 0.3) is 0 Å². The van der Waals surface area contributed by atoms with Gasteiger partial charge < -0.3 is 24.8 Å². The molecular weight excluding hydrogens is 180 g/mol. The first kappa shape index (κ1) is 10.4. The minimum Gasteiger partial charge on any atom is -0.457 e. The molecule has 0 radical (unpaired) electrons. The molecule has 1 saturated heterocycles. The molecule has 0 aromatic rings. The van der Waals surface area contributed by atoms with Crippen LogP contribution in [0.4, 0.5) is 0 Å². The molecule has 0 aromatic carbocycles. The summed E-state index contributed by atoms with van der Waals surface area (Å²) in [6.07, 6.45) is -5.11. The number of aliphatic hydroxyl groups excluding tert-OH is 3. The molecule has 0 spiro atoms. The Labute approximate surface area is 74.7 Å². The van der Waals surface area contributed by atoms with E-state index in [9.17, 15) is 9.90 Å². The van der Waals surface area contributed by atoms with Crippen molar-refractivity contribution in [2.24, 2.45) is 0 Å². The normalized spacial score (nSPS) is 40.0. The molecule has 0 saturated carbocycles. The van der Waals surface area contributed by atoms with Crippen molar-refractivity contribution in [2.75, 3.05) is 6.61 Å². The molecule has 0 bridgehead atoms. The van der Waals surface area contributed by atoms with Gasteiger partial charge in [-0.05, 0) is 0 Å². The third-order valence-electron chi connectivity index (χ3n) is 1.77. The molecule has 6 heteroatoms. The number of aliphatic hydroxyl groups is 3. The SMILES string of the molecule is CC(=O)O[C@@H]1CO[C@H](O)[C@@H](O)[C@H]1O. The molecular formula is C7H12O6. The first-order valence-corrected chi connectivity index (χ1v) is 3.85. The minimum atomic E-state index is -1.45. The quantitative estimate of drug-likeness (QED) is 0.415. The highest BCUT2D eigenvalue weighted by molar-refractivity contribution is 5.66. The zero-order valence-electron chi connectivity index (χ0n) is 7.08. The van der Waals surface area contributed by atoms with Crippen LogP contribution in [0.1, 0.15) is 6.92 Å². The smallest absolute Gasteiger partial charge is 0.303 e. The van der Waals surface area contributed by atoms with E-state index in [4.69, 9.17) is 10.2 Å². The summed E-state index contributed by atoms with van der Waals surface area (Å²) in [5, 5.41) is 27.3. The molecule has 0 aliphatic carbocycles. The summed E-state index contributed by atoms with van der Waals surface area (Å²) in [7, 11) is 0. The van der Waals surface area contributed by atoms with Crippen molar-refractivity contribution in [1.29, 1.82) is 0 Å². The fourth-order valence-corrected chi connectivity index (χ4v) is 1.10. The Morgan fingerprint density at radius 2 is 2.00 bits per heavy atom. The summed E-state index contributed by atoms with van der Waals surface area (Å²) in [5.41, 5.74) is 0. The second kappa shape index (κ2) is 4.01. The number of carbonyl (C=O) groups is 1. The van der Waals surface area contributed by atoms with E-state index in [1.807, 2.05) is 0 Å². The van der Waals surface area contributed by atoms with E-state index in [2.05, 4.69) is 9.47 Å². The van der Waals surface area contributed by atoms with Gasteiger partial charge in [0.1, 0.15) is 12.2 Å². The first-order valence-electron chi connectivity index (χ1n) is 3.85. The Kier molecular flexibility index (Phi) is 3.21. The van der Waals surface area contributed by atoms with Crippen molar-refractivity contribution >= 4 is 5.97 Å². The molecule has 1 heterocycles. The number of ether oxygens (including phenoxy) is 2. The van der Waals surface area contributed by atoms with Gasteiger partial charge in [-0.25, -0.2) is 0 Å². The molecule has 1 aliphatic rings. The van der Waals surface area contributed by atoms with Gasteiger partial charge in [-0.1, -0.05) is 0 Å². The van der Waals surface area contributed by atoms with Gasteiger partial charge in [-0.2, -0.15) is 0 Å². The molecule has 3 N–H and O–H groups in total. The summed E-state index contributed by atoms with van der Waals surface area (Å²) < 4.78 is 9.28. The third kappa shape index (κ3) is 2.38. The Hall–Kier alpha value is -0.690. The number of rotatable bonds is 1. The van der Waals surface area contributed by atoms with E-state index >= 15 is 0 Å². The van der Waals surface area contributed by atoms with Crippen LogP contribution in [-0.2, 0) is 14.3 Å². The highest BCUT2D eigenvalue weighted by atomic mass is 16.6. The third-order valence-corrected chi connectivity index (χ3v) is 1.77. The van der Waals surface area contributed by atoms with Crippen molar-refractivity contribution in [2.45, 2.75) is 31.5 Å². The largest absolute Gasteiger partial charge is 0.457 e. The molecule has 13 heavy (non-hydrogen) atoms. The molecule has 4 atom stereocenters. The highest BCUT2D eigenvalue weighted by Crippen LogP contribution is 2.16. The lowest BCUT2D eigenvalue weighted by Crippen LogP contribution is -2.54. The van der Waals surface area contributed by atoms with Gasteiger partial charge in [0.2, 0.25) is 0 Å². The van der Waals surface area contributed by atoms with Gasteiger partial charge in [-0.3, -0.25) is 4.79 Å². The lowest BCUT2D eigenvalue weighted by Gasteiger charge is -2.34. The van der Waals surface area contributed by atoms with Crippen LogP contribution < -0.4 is 0 Å². The van der Waals surface area contributed by atoms with Crippen molar-refractivity contribution in [3.05, 3.63) is 0 Å². The van der Waals surface area contributed by atoms with Crippen LogP contribution in [-0.4, -0.2) is 52.5 Å². The van der Waals surface area contributed by atoms with Gasteiger partial charge in [0.15, 0.2) is 12.4 Å². The van der Waals surface area contributed by atoms with E-state index in [0.717, 1.165) is 0 Å². The van der Waals surface area contributed by atoms with E-state index in [1.165, 1.54) is 6.92 Å². The zero-order chi connectivity index (χ0) is 10.0. The van der Waals surface area contributed by atoms with Gasteiger partial charge in [0.25, 0.3) is 0 Å². The standard InChI is InChI=1S/C7H12O6/c1-3(8)13-4-2-12-7(11)6(10)5(4)9/h4-7,9-11H,2H2,1H3/t4-,5+,6+,7+/m1/s1.